The maximum atomic E-state index is 11.8. The average molecular weight is 212 g/mol. The van der Waals surface area contributed by atoms with Gasteiger partial charge in [0.1, 0.15) is 11.6 Å². The molecule has 4 nitrogen and oxygen atoms in total. The first-order valence-electron chi connectivity index (χ1n) is 5.31. The van der Waals surface area contributed by atoms with Crippen LogP contribution in [0.15, 0.2) is 0 Å². The Morgan fingerprint density at radius 2 is 1.53 bits per heavy atom. The maximum absolute atomic E-state index is 11.8. The third-order valence-corrected chi connectivity index (χ3v) is 3.72. The normalized spacial score (nSPS) is 34.3. The van der Waals surface area contributed by atoms with Crippen molar-refractivity contribution in [2.45, 2.75) is 31.5 Å². The van der Waals surface area contributed by atoms with E-state index >= 15 is 0 Å². The summed E-state index contributed by atoms with van der Waals surface area (Å²) >= 11 is 0. The highest BCUT2D eigenvalue weighted by Crippen LogP contribution is 2.46. The van der Waals surface area contributed by atoms with Crippen LogP contribution in [-0.2, 0) is 19.1 Å². The highest BCUT2D eigenvalue weighted by atomic mass is 16.7. The first-order valence-corrected chi connectivity index (χ1v) is 5.31. The molecule has 2 atom stereocenters. The van der Waals surface area contributed by atoms with E-state index in [4.69, 9.17) is 9.47 Å². The van der Waals surface area contributed by atoms with Gasteiger partial charge in [0.2, 0.25) is 0 Å². The topological polar surface area (TPSA) is 52.6 Å². The molecule has 0 aromatic rings. The van der Waals surface area contributed by atoms with Crippen LogP contribution in [0.4, 0.5) is 0 Å². The molecule has 2 aliphatic rings. The zero-order valence-electron chi connectivity index (χ0n) is 9.12. The van der Waals surface area contributed by atoms with E-state index in [2.05, 4.69) is 0 Å². The van der Waals surface area contributed by atoms with Gasteiger partial charge in [-0.1, -0.05) is 6.42 Å². The second-order valence-electron chi connectivity index (χ2n) is 4.28. The molecule has 2 saturated carbocycles. The summed E-state index contributed by atoms with van der Waals surface area (Å²) in [6.45, 7) is 0. The summed E-state index contributed by atoms with van der Waals surface area (Å²) in [5.74, 6) is -1.56. The standard InChI is InChI=1S/C11H16O4/c1-14-11(15-2)7-4-3-5-8(11)10(13)6-9(7)12/h7-8H,3-6H2,1-2H3/t7-,8+. The quantitative estimate of drug-likeness (QED) is 0.505. The molecule has 2 aliphatic carbocycles. The van der Waals surface area contributed by atoms with Crippen LogP contribution in [0.25, 0.3) is 0 Å². The summed E-state index contributed by atoms with van der Waals surface area (Å²) < 4.78 is 10.7. The average Bonchev–Trinajstić information content (AvgIpc) is 2.25. The van der Waals surface area contributed by atoms with E-state index in [1.54, 1.807) is 0 Å². The summed E-state index contributed by atoms with van der Waals surface area (Å²) in [4.78, 5) is 23.5. The summed E-state index contributed by atoms with van der Waals surface area (Å²) in [5.41, 5.74) is 0. The molecule has 15 heavy (non-hydrogen) atoms. The minimum Gasteiger partial charge on any atom is -0.352 e. The summed E-state index contributed by atoms with van der Waals surface area (Å²) in [6, 6.07) is 0. The van der Waals surface area contributed by atoms with Crippen molar-refractivity contribution in [1.82, 2.24) is 0 Å². The molecular weight excluding hydrogens is 196 g/mol. The molecule has 0 spiro atoms. The largest absolute Gasteiger partial charge is 0.352 e. The van der Waals surface area contributed by atoms with Crippen molar-refractivity contribution >= 4 is 11.6 Å². The van der Waals surface area contributed by atoms with Crippen molar-refractivity contribution in [3.63, 3.8) is 0 Å². The highest BCUT2D eigenvalue weighted by Gasteiger charge is 2.58. The molecule has 84 valence electrons. The van der Waals surface area contributed by atoms with E-state index in [-0.39, 0.29) is 29.8 Å². The van der Waals surface area contributed by atoms with Crippen LogP contribution in [0.2, 0.25) is 0 Å². The number of rotatable bonds is 2. The number of fused-ring (bicyclic) bond motifs is 2. The monoisotopic (exact) mass is 212 g/mol. The van der Waals surface area contributed by atoms with Gasteiger partial charge in [-0.15, -0.1) is 0 Å². The summed E-state index contributed by atoms with van der Waals surface area (Å²) in [7, 11) is 3.03. The summed E-state index contributed by atoms with van der Waals surface area (Å²) in [5, 5.41) is 0. The molecule has 0 amide bonds. The third-order valence-electron chi connectivity index (χ3n) is 3.72. The van der Waals surface area contributed by atoms with Crippen molar-refractivity contribution in [3.8, 4) is 0 Å². The van der Waals surface area contributed by atoms with Crippen LogP contribution < -0.4 is 0 Å². The summed E-state index contributed by atoms with van der Waals surface area (Å²) in [6.07, 6.45) is 2.50. The van der Waals surface area contributed by atoms with Gasteiger partial charge >= 0.3 is 0 Å². The van der Waals surface area contributed by atoms with Crippen molar-refractivity contribution in [1.29, 1.82) is 0 Å². The van der Waals surface area contributed by atoms with Gasteiger partial charge in [0.05, 0.1) is 18.3 Å². The van der Waals surface area contributed by atoms with Gasteiger partial charge in [-0.2, -0.15) is 0 Å². The second-order valence-corrected chi connectivity index (χ2v) is 4.28. The van der Waals surface area contributed by atoms with Gasteiger partial charge in [0.15, 0.2) is 5.79 Å². The molecule has 4 heteroatoms. The zero-order valence-corrected chi connectivity index (χ0v) is 9.12. The molecule has 0 radical (unpaired) electrons. The van der Waals surface area contributed by atoms with Crippen molar-refractivity contribution < 1.29 is 19.1 Å². The number of ketones is 2. The third kappa shape index (κ3) is 1.35. The van der Waals surface area contributed by atoms with Gasteiger partial charge in [-0.25, -0.2) is 0 Å². The molecule has 0 aromatic carbocycles. The van der Waals surface area contributed by atoms with Crippen LogP contribution in [0.1, 0.15) is 25.7 Å². The molecular formula is C11H16O4. The Morgan fingerprint density at radius 3 is 1.93 bits per heavy atom. The first kappa shape index (κ1) is 10.8. The van der Waals surface area contributed by atoms with E-state index in [9.17, 15) is 9.59 Å². The number of carbonyl (C=O) groups is 2. The van der Waals surface area contributed by atoms with E-state index in [1.165, 1.54) is 14.2 Å². The number of carbonyl (C=O) groups excluding carboxylic acids is 2. The predicted octanol–water partition coefficient (Wildman–Crippen LogP) is 0.934. The van der Waals surface area contributed by atoms with Crippen LogP contribution in [-0.4, -0.2) is 31.6 Å². The van der Waals surface area contributed by atoms with E-state index in [0.717, 1.165) is 19.3 Å². The molecule has 2 rings (SSSR count). The highest BCUT2D eigenvalue weighted by molar-refractivity contribution is 6.05. The van der Waals surface area contributed by atoms with Crippen LogP contribution in [0.3, 0.4) is 0 Å². The Hall–Kier alpha value is -0.740. The Labute approximate surface area is 88.9 Å². The van der Waals surface area contributed by atoms with Crippen molar-refractivity contribution in [2.75, 3.05) is 14.2 Å². The Bertz CT molecular complexity index is 269. The van der Waals surface area contributed by atoms with Crippen molar-refractivity contribution in [3.05, 3.63) is 0 Å². The van der Waals surface area contributed by atoms with Crippen LogP contribution >= 0.6 is 0 Å². The molecule has 0 aliphatic heterocycles. The van der Waals surface area contributed by atoms with Gasteiger partial charge < -0.3 is 9.47 Å². The fourth-order valence-electron chi connectivity index (χ4n) is 3.01. The van der Waals surface area contributed by atoms with Crippen LogP contribution in [0, 0.1) is 11.8 Å². The fraction of sp³-hybridized carbons (Fsp3) is 0.818. The SMILES string of the molecule is COC1(OC)[C@@H]2CCC[C@H]1C(=O)CC2=O. The minimum absolute atomic E-state index is 0.0281. The molecule has 0 heterocycles. The van der Waals surface area contributed by atoms with E-state index < -0.39 is 5.79 Å². The van der Waals surface area contributed by atoms with E-state index in [0.29, 0.717) is 0 Å². The lowest BCUT2D eigenvalue weighted by molar-refractivity contribution is -0.276. The Kier molecular flexibility index (Phi) is 2.64. The number of ether oxygens (including phenoxy) is 2. The molecule has 2 fully saturated rings. The van der Waals surface area contributed by atoms with Crippen molar-refractivity contribution in [2.24, 2.45) is 11.8 Å². The zero-order chi connectivity index (χ0) is 11.1. The number of methoxy groups -OCH3 is 2. The molecule has 0 aromatic heterocycles. The number of hydrogen-bond donors (Lipinski definition) is 0. The first-order chi connectivity index (χ1) is 7.15. The Morgan fingerprint density at radius 1 is 1.07 bits per heavy atom. The lowest BCUT2D eigenvalue weighted by atomic mass is 9.66. The predicted molar refractivity (Wildman–Crippen MR) is 52.2 cm³/mol. The van der Waals surface area contributed by atoms with Gasteiger partial charge in [0, 0.05) is 14.2 Å². The Balaban J connectivity index is 2.41. The molecule has 2 bridgehead atoms. The number of Topliss-reactive ketones (excluding diaryl/α,β-unsaturated/α-hetero) is 2. The van der Waals surface area contributed by atoms with E-state index in [1.807, 2.05) is 0 Å². The number of hydrogen-bond acceptors (Lipinski definition) is 4. The lowest BCUT2D eigenvalue weighted by Gasteiger charge is -2.48. The maximum Gasteiger partial charge on any atom is 0.187 e. The molecule has 0 N–H and O–H groups in total. The van der Waals surface area contributed by atoms with Gasteiger partial charge in [-0.3, -0.25) is 9.59 Å². The fourth-order valence-corrected chi connectivity index (χ4v) is 3.01. The smallest absolute Gasteiger partial charge is 0.187 e. The van der Waals surface area contributed by atoms with Gasteiger partial charge in [0.25, 0.3) is 0 Å². The molecule has 0 unspecified atom stereocenters. The molecule has 0 saturated heterocycles. The van der Waals surface area contributed by atoms with Crippen LogP contribution in [0.5, 0.6) is 0 Å². The lowest BCUT2D eigenvalue weighted by Crippen LogP contribution is -2.60. The van der Waals surface area contributed by atoms with Gasteiger partial charge in [-0.05, 0) is 12.8 Å². The second kappa shape index (κ2) is 3.68. The minimum atomic E-state index is -0.981.